The highest BCUT2D eigenvalue weighted by Gasteiger charge is 1.48. The maximum absolute atomic E-state index is 4.78. The summed E-state index contributed by atoms with van der Waals surface area (Å²) in [4.78, 5) is 0. The summed E-state index contributed by atoms with van der Waals surface area (Å²) in [5.74, 6) is 4.91. The summed E-state index contributed by atoms with van der Waals surface area (Å²) in [5, 5.41) is 0. The smallest absolute Gasteiger partial charge is 0.172 e. The van der Waals surface area contributed by atoms with Crippen molar-refractivity contribution in [2.45, 2.75) is 13.3 Å². The lowest BCUT2D eigenvalue weighted by atomic mass is 10.2. The molecule has 0 N–H and O–H groups in total. The first kappa shape index (κ1) is 4.62. The van der Waals surface area contributed by atoms with Crippen LogP contribution < -0.4 is 0 Å². The van der Waals surface area contributed by atoms with Crippen LogP contribution in [0.25, 0.3) is 0 Å². The van der Waals surface area contributed by atoms with Crippen LogP contribution in [0.4, 0.5) is 0 Å². The van der Waals surface area contributed by atoms with E-state index in [1.54, 1.807) is 0 Å². The molecule has 0 saturated heterocycles. The Morgan fingerprint density at radius 1 is 1.80 bits per heavy atom. The number of hydrogen-bond donors (Lipinski definition) is 0. The summed E-state index contributed by atoms with van der Waals surface area (Å²) >= 11 is 0. The van der Waals surface area contributed by atoms with E-state index in [1.807, 2.05) is 6.92 Å². The van der Waals surface area contributed by atoms with Gasteiger partial charge in [0.2, 0.25) is 0 Å². The quantitative estimate of drug-likeness (QED) is 0.284. The fourth-order valence-corrected chi connectivity index (χ4v) is 0.102. The van der Waals surface area contributed by atoms with Crippen molar-refractivity contribution in [3.05, 3.63) is 0 Å². The molecule has 0 aliphatic carbocycles. The minimum absolute atomic E-state index is 0.858. The molecule has 0 aromatic heterocycles. The van der Waals surface area contributed by atoms with Gasteiger partial charge in [0.25, 0.3) is 0 Å². The largest absolute Gasteiger partial charge is 0.187 e. The molecule has 0 amide bonds. The van der Waals surface area contributed by atoms with Gasteiger partial charge in [-0.2, -0.15) is 5.82 Å². The Morgan fingerprint density at radius 2 is 2.40 bits per heavy atom. The van der Waals surface area contributed by atoms with E-state index in [0.717, 1.165) is 6.42 Å². The van der Waals surface area contributed by atoms with Crippen LogP contribution >= 0.6 is 0 Å². The molecule has 0 atom stereocenters. The topological polar surface area (TPSA) is 0 Å². The fraction of sp³-hybridized carbons (Fsp3) is 0.500. The van der Waals surface area contributed by atoms with Crippen LogP contribution in [0.1, 0.15) is 13.3 Å². The molecule has 0 aliphatic rings. The Hall–Kier alpha value is -0.375. The standard InChI is InChI=1S/C4H5B/c1-2-3-4-5/h2H2,1H3. The lowest BCUT2D eigenvalue weighted by Crippen LogP contribution is -1.50. The molecule has 0 fully saturated rings. The first-order valence-corrected chi connectivity index (χ1v) is 1.60. The molecule has 0 bridgehead atoms. The zero-order valence-electron chi connectivity index (χ0n) is 3.28. The van der Waals surface area contributed by atoms with Crippen LogP contribution in [-0.4, -0.2) is 7.85 Å². The van der Waals surface area contributed by atoms with Gasteiger partial charge in [-0.25, -0.2) is 0 Å². The lowest BCUT2D eigenvalue weighted by Gasteiger charge is -1.58. The maximum Gasteiger partial charge on any atom is 0.187 e. The third-order valence-corrected chi connectivity index (χ3v) is 0.279. The van der Waals surface area contributed by atoms with Crippen molar-refractivity contribution in [3.63, 3.8) is 0 Å². The SMILES string of the molecule is [B]C#CCC. The van der Waals surface area contributed by atoms with Gasteiger partial charge in [0.15, 0.2) is 7.85 Å². The fourth-order valence-electron chi connectivity index (χ4n) is 0.102. The first-order chi connectivity index (χ1) is 2.41. The molecule has 0 rings (SSSR count). The van der Waals surface area contributed by atoms with Crippen molar-refractivity contribution in [1.82, 2.24) is 0 Å². The zero-order valence-corrected chi connectivity index (χ0v) is 3.28. The van der Waals surface area contributed by atoms with Gasteiger partial charge in [0, 0.05) is 6.42 Å². The van der Waals surface area contributed by atoms with Gasteiger partial charge in [0.1, 0.15) is 0 Å². The van der Waals surface area contributed by atoms with Crippen molar-refractivity contribution in [2.24, 2.45) is 0 Å². The van der Waals surface area contributed by atoms with Gasteiger partial charge >= 0.3 is 0 Å². The van der Waals surface area contributed by atoms with Gasteiger partial charge < -0.3 is 0 Å². The monoisotopic (exact) mass is 64.0 g/mol. The molecule has 0 nitrogen and oxygen atoms in total. The predicted molar refractivity (Wildman–Crippen MR) is 23.8 cm³/mol. The number of hydrogen-bond acceptors (Lipinski definition) is 0. The van der Waals surface area contributed by atoms with E-state index in [4.69, 9.17) is 7.85 Å². The second-order valence-electron chi connectivity index (χ2n) is 0.675. The third-order valence-electron chi connectivity index (χ3n) is 0.279. The van der Waals surface area contributed by atoms with E-state index >= 15 is 0 Å². The summed E-state index contributed by atoms with van der Waals surface area (Å²) in [7, 11) is 4.78. The molecule has 0 spiro atoms. The molecule has 0 heterocycles. The molecule has 0 aromatic rings. The average Bonchev–Trinajstić information content (AvgIpc) is 1.41. The summed E-state index contributed by atoms with van der Waals surface area (Å²) in [6.45, 7) is 1.96. The molecule has 2 radical (unpaired) electrons. The van der Waals surface area contributed by atoms with E-state index in [2.05, 4.69) is 11.7 Å². The second-order valence-corrected chi connectivity index (χ2v) is 0.675. The molecule has 0 aromatic carbocycles. The van der Waals surface area contributed by atoms with E-state index < -0.39 is 0 Å². The summed E-state index contributed by atoms with van der Waals surface area (Å²) in [6.07, 6.45) is 0.858. The van der Waals surface area contributed by atoms with Gasteiger partial charge in [-0.3, -0.25) is 0 Å². The van der Waals surface area contributed by atoms with Crippen LogP contribution in [0, 0.1) is 11.7 Å². The molecule has 24 valence electrons. The Kier molecular flexibility index (Phi) is 3.35. The van der Waals surface area contributed by atoms with Crippen LogP contribution in [0.15, 0.2) is 0 Å². The van der Waals surface area contributed by atoms with E-state index in [9.17, 15) is 0 Å². The minimum atomic E-state index is 0.858. The molecule has 1 heteroatoms. The molecule has 0 saturated carbocycles. The summed E-state index contributed by atoms with van der Waals surface area (Å²) in [5.41, 5.74) is 0. The highest BCUT2D eigenvalue weighted by molar-refractivity contribution is 6.22. The Morgan fingerprint density at radius 3 is 2.40 bits per heavy atom. The Balaban J connectivity index is 2.81. The van der Waals surface area contributed by atoms with Crippen molar-refractivity contribution < 1.29 is 0 Å². The zero-order chi connectivity index (χ0) is 4.12. The van der Waals surface area contributed by atoms with E-state index in [1.165, 1.54) is 0 Å². The van der Waals surface area contributed by atoms with Gasteiger partial charge in [-0.15, -0.1) is 5.92 Å². The van der Waals surface area contributed by atoms with E-state index in [-0.39, 0.29) is 0 Å². The lowest BCUT2D eigenvalue weighted by molar-refractivity contribution is 1.28. The predicted octanol–water partition coefficient (Wildman–Crippen LogP) is 0.526. The highest BCUT2D eigenvalue weighted by Crippen LogP contribution is 1.60. The van der Waals surface area contributed by atoms with Crippen molar-refractivity contribution in [2.75, 3.05) is 0 Å². The van der Waals surface area contributed by atoms with Gasteiger partial charge in [-0.05, 0) is 0 Å². The minimum Gasteiger partial charge on any atom is -0.172 e. The highest BCUT2D eigenvalue weighted by atomic mass is 13.5. The second kappa shape index (κ2) is 3.62. The Labute approximate surface area is 34.0 Å². The van der Waals surface area contributed by atoms with Crippen molar-refractivity contribution >= 4 is 7.85 Å². The summed E-state index contributed by atoms with van der Waals surface area (Å²) < 4.78 is 0. The molecule has 5 heavy (non-hydrogen) atoms. The van der Waals surface area contributed by atoms with Crippen LogP contribution in [0.2, 0.25) is 0 Å². The Bertz CT molecular complexity index is 55.8. The van der Waals surface area contributed by atoms with Crippen molar-refractivity contribution in [1.29, 1.82) is 0 Å². The van der Waals surface area contributed by atoms with Crippen LogP contribution in [0.5, 0.6) is 0 Å². The maximum atomic E-state index is 4.78. The summed E-state index contributed by atoms with van der Waals surface area (Å²) in [6, 6.07) is 0. The average molecular weight is 63.9 g/mol. The molecular formula is C4H5B. The first-order valence-electron chi connectivity index (χ1n) is 1.60. The number of rotatable bonds is 0. The molecule has 0 aliphatic heterocycles. The van der Waals surface area contributed by atoms with Crippen molar-refractivity contribution in [3.8, 4) is 11.7 Å². The van der Waals surface area contributed by atoms with E-state index in [0.29, 0.717) is 0 Å². The molecular weight excluding hydrogens is 58.9 g/mol. The third kappa shape index (κ3) is 3.62. The normalized spacial score (nSPS) is 5.00. The van der Waals surface area contributed by atoms with Crippen LogP contribution in [0.3, 0.4) is 0 Å². The van der Waals surface area contributed by atoms with Gasteiger partial charge in [-0.1, -0.05) is 6.92 Å². The molecule has 0 unspecified atom stereocenters. The van der Waals surface area contributed by atoms with Gasteiger partial charge in [0.05, 0.1) is 0 Å². The van der Waals surface area contributed by atoms with Crippen LogP contribution in [-0.2, 0) is 0 Å².